The molecule has 4 fully saturated rings. The smallest absolute Gasteiger partial charge is 0.355 e. The Morgan fingerprint density at radius 1 is 0.447 bits per heavy atom. The van der Waals surface area contributed by atoms with Gasteiger partial charge in [0, 0.05) is 145 Å². The van der Waals surface area contributed by atoms with Crippen LogP contribution in [-0.4, -0.2) is 137 Å². The molecular formula is C97H91BrCl5N7O13. The van der Waals surface area contributed by atoms with Crippen LogP contribution >= 0.6 is 73.9 Å². The quantitative estimate of drug-likeness (QED) is 0.0278. The molecule has 0 aliphatic heterocycles. The Bertz CT molecular complexity index is 5680. The molecule has 4 aliphatic rings. The van der Waals surface area contributed by atoms with Crippen molar-refractivity contribution >= 4 is 120 Å². The molecule has 3 aromatic heterocycles. The summed E-state index contributed by atoms with van der Waals surface area (Å²) in [7, 11) is 3.03. The first-order valence-electron chi connectivity index (χ1n) is 39.9. The summed E-state index contributed by atoms with van der Waals surface area (Å²) in [6, 6.07) is 56.4. The van der Waals surface area contributed by atoms with Crippen LogP contribution < -0.4 is 30.7 Å². The third kappa shape index (κ3) is 29.8. The topological polar surface area (TPSA) is 309 Å². The first kappa shape index (κ1) is 94.1. The molecule has 0 radical (unpaired) electrons. The average molecular weight is 1820 g/mol. The first-order chi connectivity index (χ1) is 59.0. The molecular weight excluding hydrogens is 1730 g/mol. The molecule has 20 nitrogen and oxygen atoms in total. The molecule has 0 saturated heterocycles. The van der Waals surface area contributed by atoms with E-state index in [0.717, 1.165) is 83.5 Å². The van der Waals surface area contributed by atoms with Gasteiger partial charge < -0.3 is 56.3 Å². The van der Waals surface area contributed by atoms with Gasteiger partial charge in [0.2, 0.25) is 5.91 Å². The van der Waals surface area contributed by atoms with Gasteiger partial charge in [-0.15, -0.1) is 0 Å². The van der Waals surface area contributed by atoms with Gasteiger partial charge in [-0.2, -0.15) is 0 Å². The number of carbonyl (C=O) groups is 6. The summed E-state index contributed by atoms with van der Waals surface area (Å²) < 4.78 is 11.4. The third-order valence-electron chi connectivity index (χ3n) is 20.5. The number of Topliss-reactive ketones (excluding diaryl/α,β-unsaturated/α-hetero) is 1. The molecule has 0 spiro atoms. The van der Waals surface area contributed by atoms with Crippen LogP contribution in [0.25, 0.3) is 10.8 Å². The fourth-order valence-electron chi connectivity index (χ4n) is 14.5. The minimum absolute atomic E-state index is 0.0479. The van der Waals surface area contributed by atoms with Gasteiger partial charge in [-0.25, -0.2) is 14.8 Å². The summed E-state index contributed by atoms with van der Waals surface area (Å²) >= 11 is 33.2. The van der Waals surface area contributed by atoms with E-state index in [1.54, 1.807) is 134 Å². The number of halogens is 6. The van der Waals surface area contributed by atoms with Crippen molar-refractivity contribution in [2.45, 2.75) is 162 Å². The number of rotatable bonds is 14. The highest BCUT2D eigenvalue weighted by Gasteiger charge is 2.38. The molecule has 123 heavy (non-hydrogen) atoms. The second kappa shape index (κ2) is 45.8. The summed E-state index contributed by atoms with van der Waals surface area (Å²) in [5.74, 6) is 22.7. The number of hydrogen-bond donors (Lipinski definition) is 9. The number of nitrogens with one attached hydrogen (secondary N) is 4. The minimum Gasteiger partial charge on any atom is -0.493 e. The van der Waals surface area contributed by atoms with Crippen LogP contribution in [0.1, 0.15) is 190 Å². The van der Waals surface area contributed by atoms with Gasteiger partial charge in [0.15, 0.2) is 23.0 Å². The van der Waals surface area contributed by atoms with Gasteiger partial charge in [-0.3, -0.25) is 29.0 Å². The lowest BCUT2D eigenvalue weighted by Gasteiger charge is -2.33. The number of ether oxygens (including phenoxy) is 2. The Labute approximate surface area is 748 Å². The zero-order valence-electron chi connectivity index (χ0n) is 67.4. The van der Waals surface area contributed by atoms with Gasteiger partial charge >= 0.3 is 5.97 Å². The van der Waals surface area contributed by atoms with E-state index < -0.39 is 28.4 Å². The number of carboxylic acids is 1. The number of carboxylic acid groups (broad SMARTS) is 1. The van der Waals surface area contributed by atoms with Crippen molar-refractivity contribution in [2.24, 2.45) is 0 Å². The molecule has 0 unspecified atom stereocenters. The predicted octanol–water partition coefficient (Wildman–Crippen LogP) is 17.7. The number of aliphatic hydroxyl groups is 4. The predicted molar refractivity (Wildman–Crippen MR) is 482 cm³/mol. The van der Waals surface area contributed by atoms with Crippen molar-refractivity contribution in [1.29, 1.82) is 0 Å². The molecule has 26 heteroatoms. The van der Waals surface area contributed by atoms with Crippen LogP contribution in [0.4, 0.5) is 0 Å². The number of benzene rings is 7. The van der Waals surface area contributed by atoms with Gasteiger partial charge in [0.25, 0.3) is 17.7 Å². The molecule has 8 atom stereocenters. The number of aromatic carboxylic acids is 1. The van der Waals surface area contributed by atoms with Crippen LogP contribution in [0.5, 0.6) is 11.5 Å². The largest absolute Gasteiger partial charge is 0.493 e. The molecule has 0 bridgehead atoms. The number of hydrogen-bond acceptors (Lipinski definition) is 15. The van der Waals surface area contributed by atoms with E-state index >= 15 is 0 Å². The van der Waals surface area contributed by atoms with Gasteiger partial charge in [0.05, 0.1) is 30.9 Å². The normalized spacial score (nSPS) is 20.3. The number of aromatic nitrogens is 3. The number of pyridine rings is 3. The zero-order chi connectivity index (χ0) is 87.9. The van der Waals surface area contributed by atoms with Crippen molar-refractivity contribution < 1.29 is 63.8 Å². The standard InChI is InChI=1S/C24H24ClNO3.C23H24ClNO4.C20H18BrClN2O2.C20H18Cl2N2O2.C10H7NO2/c25-20-9-4-6-18(16-20)13-15-24(29)14-5-10-21(17-24)26-23(28)12-11-22(27)19-7-2-1-3-8-19;1-28-20-10-4-9-19(21(20)29-2)22(26)25-18-8-5-12-23(27,15-18)13-11-16-6-3-7-17(24)14-16;21-16-10-15(12-23-13-16)19(25)24-18-5-2-7-20(26,11-18)8-6-14-3-1-4-17(22)9-14;21-15-5-1-4-14(12-15)8-10-20(26)9-2-6-16(13-20)24-19(25)17-7-3-11-23-18(17)22;12-10(13)9-8-4-2-1-3-7(8)5-6-11-9/h1-4,6-9,16,21,29H,5,10-12,14,17H2,(H,26,28);3-4,6-7,9-10,14,18,27H,5,8,12,15H2,1-2H3,(H,25,26);1,3-4,9-10,12-13,18,26H,2,5,7,11H2,(H,24,25);1,3-5,7,11-12,16,26H,2,6,9,13H2,(H,24,25);1-6H,(H,12,13)/t21-,24+;18-,23+;18-,20+;16-,20+;/m0000./s1. The van der Waals surface area contributed by atoms with E-state index in [9.17, 15) is 49.2 Å². The molecule has 4 saturated carbocycles. The van der Waals surface area contributed by atoms with E-state index in [0.29, 0.717) is 111 Å². The maximum atomic E-state index is 12.8. The number of amides is 4. The van der Waals surface area contributed by atoms with Crippen LogP contribution in [-0.2, 0) is 4.79 Å². The van der Waals surface area contributed by atoms with Crippen molar-refractivity contribution in [3.63, 3.8) is 0 Å². The molecule has 4 amide bonds. The molecule has 634 valence electrons. The van der Waals surface area contributed by atoms with Crippen LogP contribution in [0.15, 0.2) is 223 Å². The second-order valence-electron chi connectivity index (χ2n) is 30.1. The molecule has 14 rings (SSSR count). The minimum atomic E-state index is -1.16. The summed E-state index contributed by atoms with van der Waals surface area (Å²) in [4.78, 5) is 84.5. The maximum absolute atomic E-state index is 12.8. The van der Waals surface area contributed by atoms with Crippen LogP contribution in [0, 0.1) is 47.4 Å². The highest BCUT2D eigenvalue weighted by atomic mass is 79.9. The van der Waals surface area contributed by atoms with Gasteiger partial charge in [0.1, 0.15) is 27.6 Å². The average Bonchev–Trinajstić information content (AvgIpc) is 0.832. The third-order valence-corrected chi connectivity index (χ3v) is 22.2. The highest BCUT2D eigenvalue weighted by molar-refractivity contribution is 9.10. The van der Waals surface area contributed by atoms with E-state index in [1.807, 2.05) is 66.7 Å². The molecule has 10 aromatic rings. The number of carbonyl (C=O) groups excluding carboxylic acids is 5. The van der Waals surface area contributed by atoms with E-state index in [2.05, 4.69) is 99.5 Å². The Hall–Kier alpha value is -11.1. The summed E-state index contributed by atoms with van der Waals surface area (Å²) in [6.45, 7) is 0. The molecule has 7 aromatic carbocycles. The van der Waals surface area contributed by atoms with Gasteiger partial charge in [-0.05, 0) is 208 Å². The number of para-hydroxylation sites is 1. The fourth-order valence-corrected chi connectivity index (χ4v) is 15.8. The van der Waals surface area contributed by atoms with E-state index in [-0.39, 0.29) is 77.3 Å². The Kier molecular flexibility index (Phi) is 35.1. The van der Waals surface area contributed by atoms with Crippen molar-refractivity contribution in [2.75, 3.05) is 14.2 Å². The number of fused-ring (bicyclic) bond motifs is 1. The van der Waals surface area contributed by atoms with E-state index in [4.69, 9.17) is 72.6 Å². The molecule has 9 N–H and O–H groups in total. The maximum Gasteiger partial charge on any atom is 0.355 e. The SMILES string of the molecule is COc1cccc(C(=O)N[C@H]2CCC[C@@](O)(C#Cc3cccc(Cl)c3)C2)c1OC.O=C(CCC(=O)c1ccccc1)N[C@H]1CCC[C@@](O)(C#Cc2cccc(Cl)c2)C1.O=C(N[C@H]1CCC[C@@](O)(C#Cc2cccc(Cl)c2)C1)c1cccnc1Cl.O=C(N[C@H]1CCC[C@@](O)(C#Cc2cccc(Cl)c2)C1)c1cncc(Br)c1.O=C(O)c1nccc2ccccc12. The van der Waals surface area contributed by atoms with Crippen molar-refractivity contribution in [3.8, 4) is 58.9 Å². The van der Waals surface area contributed by atoms with E-state index in [1.165, 1.54) is 32.8 Å². The number of nitrogens with zero attached hydrogens (tertiary/aromatic N) is 3. The lowest BCUT2D eigenvalue weighted by Crippen LogP contribution is -2.45. The van der Waals surface area contributed by atoms with Crippen LogP contribution in [0.3, 0.4) is 0 Å². The Morgan fingerprint density at radius 2 is 0.878 bits per heavy atom. The lowest BCUT2D eigenvalue weighted by molar-refractivity contribution is -0.122. The van der Waals surface area contributed by atoms with Crippen LogP contribution in [0.2, 0.25) is 25.2 Å². The fraction of sp³-hybridized carbons (Fsp3) is 0.289. The zero-order valence-corrected chi connectivity index (χ0v) is 72.8. The first-order valence-corrected chi connectivity index (χ1v) is 42.6. The van der Waals surface area contributed by atoms with Crippen molar-refractivity contribution in [3.05, 3.63) is 299 Å². The second-order valence-corrected chi connectivity index (χ2v) is 33.1. The van der Waals surface area contributed by atoms with Crippen molar-refractivity contribution in [1.82, 2.24) is 36.2 Å². The monoisotopic (exact) mass is 1820 g/mol. The van der Waals surface area contributed by atoms with Gasteiger partial charge in [-0.1, -0.05) is 190 Å². The Balaban J connectivity index is 0.000000164. The summed E-state index contributed by atoms with van der Waals surface area (Å²) in [5.41, 5.74) is 0.381. The number of ketones is 1. The lowest BCUT2D eigenvalue weighted by atomic mass is 9.82. The molecule has 3 heterocycles. The molecule has 4 aliphatic carbocycles. The summed E-state index contributed by atoms with van der Waals surface area (Å²) in [6.07, 6.45) is 16.5. The Morgan fingerprint density at radius 3 is 1.32 bits per heavy atom. The highest BCUT2D eigenvalue weighted by Crippen LogP contribution is 2.35. The summed E-state index contributed by atoms with van der Waals surface area (Å²) in [5, 5.41) is 68.2. The number of methoxy groups -OCH3 is 2.